The summed E-state index contributed by atoms with van der Waals surface area (Å²) in [5.41, 5.74) is 3.40. The molecule has 1 fully saturated rings. The van der Waals surface area contributed by atoms with E-state index in [0.29, 0.717) is 5.75 Å². The van der Waals surface area contributed by atoms with Gasteiger partial charge in [-0.1, -0.05) is 48.0 Å². The van der Waals surface area contributed by atoms with Crippen LogP contribution in [0, 0.1) is 6.92 Å². The Kier molecular flexibility index (Phi) is 3.30. The molecule has 0 spiro atoms. The highest BCUT2D eigenvalue weighted by Crippen LogP contribution is 2.41. The van der Waals surface area contributed by atoms with Crippen LogP contribution in [0.2, 0.25) is 0 Å². The summed E-state index contributed by atoms with van der Waals surface area (Å²) in [7, 11) is 0. The van der Waals surface area contributed by atoms with E-state index >= 15 is 0 Å². The molecule has 0 radical (unpaired) electrons. The van der Waals surface area contributed by atoms with Crippen LogP contribution in [0.1, 0.15) is 16.5 Å². The van der Waals surface area contributed by atoms with Crippen molar-refractivity contribution in [1.82, 2.24) is 0 Å². The maximum Gasteiger partial charge on any atom is 0.238 e. The van der Waals surface area contributed by atoms with Gasteiger partial charge in [-0.3, -0.25) is 9.69 Å². The Labute approximate surface area is 117 Å². The summed E-state index contributed by atoms with van der Waals surface area (Å²) >= 11 is 1.69. The molecular formula is C16H15NOS. The van der Waals surface area contributed by atoms with E-state index in [9.17, 15) is 4.79 Å². The zero-order chi connectivity index (χ0) is 13.2. The molecule has 0 aliphatic carbocycles. The molecule has 2 nitrogen and oxygen atoms in total. The van der Waals surface area contributed by atoms with Gasteiger partial charge in [0.2, 0.25) is 5.91 Å². The van der Waals surface area contributed by atoms with Crippen molar-refractivity contribution in [2.75, 3.05) is 10.7 Å². The van der Waals surface area contributed by atoms with Gasteiger partial charge < -0.3 is 0 Å². The smallest absolute Gasteiger partial charge is 0.238 e. The van der Waals surface area contributed by atoms with E-state index in [1.807, 2.05) is 35.2 Å². The molecule has 0 aromatic heterocycles. The van der Waals surface area contributed by atoms with Crippen molar-refractivity contribution < 1.29 is 4.79 Å². The van der Waals surface area contributed by atoms with Crippen LogP contribution < -0.4 is 4.90 Å². The molecular weight excluding hydrogens is 254 g/mol. The average molecular weight is 269 g/mol. The molecule has 0 bridgehead atoms. The fourth-order valence-electron chi connectivity index (χ4n) is 2.27. The summed E-state index contributed by atoms with van der Waals surface area (Å²) in [6, 6.07) is 18.3. The SMILES string of the molecule is Cc1ccc([C@H]2SCC(=O)N2c2ccccc2)cc1. The molecule has 3 rings (SSSR count). The first-order valence-electron chi connectivity index (χ1n) is 6.31. The van der Waals surface area contributed by atoms with Crippen LogP contribution in [0.15, 0.2) is 54.6 Å². The van der Waals surface area contributed by atoms with E-state index in [0.717, 1.165) is 5.69 Å². The van der Waals surface area contributed by atoms with Crippen LogP contribution >= 0.6 is 11.8 Å². The van der Waals surface area contributed by atoms with Gasteiger partial charge in [0.15, 0.2) is 0 Å². The third kappa shape index (κ3) is 2.38. The number of amides is 1. The Balaban J connectivity index is 1.97. The van der Waals surface area contributed by atoms with Gasteiger partial charge in [-0.15, -0.1) is 11.8 Å². The molecule has 1 amide bonds. The first-order chi connectivity index (χ1) is 9.25. The maximum atomic E-state index is 12.1. The molecule has 1 heterocycles. The highest BCUT2D eigenvalue weighted by atomic mass is 32.2. The number of anilines is 1. The minimum Gasteiger partial charge on any atom is -0.295 e. The summed E-state index contributed by atoms with van der Waals surface area (Å²) < 4.78 is 0. The van der Waals surface area contributed by atoms with Gasteiger partial charge in [0.1, 0.15) is 5.37 Å². The van der Waals surface area contributed by atoms with E-state index in [2.05, 4.69) is 31.2 Å². The predicted molar refractivity (Wildman–Crippen MR) is 80.3 cm³/mol. The van der Waals surface area contributed by atoms with Gasteiger partial charge in [0.25, 0.3) is 0 Å². The monoisotopic (exact) mass is 269 g/mol. The molecule has 96 valence electrons. The van der Waals surface area contributed by atoms with E-state index in [4.69, 9.17) is 0 Å². The molecule has 19 heavy (non-hydrogen) atoms. The van der Waals surface area contributed by atoms with Crippen LogP contribution in [-0.4, -0.2) is 11.7 Å². The molecule has 2 aromatic carbocycles. The van der Waals surface area contributed by atoms with Crippen LogP contribution in [0.5, 0.6) is 0 Å². The molecule has 0 saturated carbocycles. The normalized spacial score (nSPS) is 18.9. The lowest BCUT2D eigenvalue weighted by Gasteiger charge is -2.24. The zero-order valence-electron chi connectivity index (χ0n) is 10.7. The van der Waals surface area contributed by atoms with E-state index in [1.54, 1.807) is 11.8 Å². The van der Waals surface area contributed by atoms with Crippen molar-refractivity contribution in [2.45, 2.75) is 12.3 Å². The number of para-hydroxylation sites is 1. The second kappa shape index (κ2) is 5.10. The number of thioether (sulfide) groups is 1. The van der Waals surface area contributed by atoms with Gasteiger partial charge in [-0.05, 0) is 24.6 Å². The standard InChI is InChI=1S/C16H15NOS/c1-12-7-9-13(10-8-12)16-17(15(18)11-19-16)14-5-3-2-4-6-14/h2-10,16H,11H2,1H3/t16-/m1/s1. The minimum atomic E-state index is 0.0931. The second-order valence-electron chi connectivity index (χ2n) is 4.67. The van der Waals surface area contributed by atoms with Crippen molar-refractivity contribution >= 4 is 23.4 Å². The third-order valence-corrected chi connectivity index (χ3v) is 4.48. The number of nitrogens with zero attached hydrogens (tertiary/aromatic N) is 1. The lowest BCUT2D eigenvalue weighted by atomic mass is 10.1. The third-order valence-electron chi connectivity index (χ3n) is 3.26. The van der Waals surface area contributed by atoms with Gasteiger partial charge in [0.05, 0.1) is 5.75 Å². The number of hydrogen-bond acceptors (Lipinski definition) is 2. The topological polar surface area (TPSA) is 20.3 Å². The van der Waals surface area contributed by atoms with Crippen molar-refractivity contribution in [3.63, 3.8) is 0 Å². The van der Waals surface area contributed by atoms with Crippen molar-refractivity contribution in [1.29, 1.82) is 0 Å². The quantitative estimate of drug-likeness (QED) is 0.827. The molecule has 3 heteroatoms. The molecule has 2 aromatic rings. The molecule has 1 aliphatic heterocycles. The second-order valence-corrected chi connectivity index (χ2v) is 5.74. The number of aryl methyl sites for hydroxylation is 1. The molecule has 0 N–H and O–H groups in total. The lowest BCUT2D eigenvalue weighted by Crippen LogP contribution is -2.27. The fraction of sp³-hybridized carbons (Fsp3) is 0.188. The number of carbonyl (C=O) groups is 1. The van der Waals surface area contributed by atoms with E-state index in [1.165, 1.54) is 11.1 Å². The highest BCUT2D eigenvalue weighted by Gasteiger charge is 2.33. The van der Waals surface area contributed by atoms with Gasteiger partial charge in [-0.2, -0.15) is 0 Å². The molecule has 1 aliphatic rings. The predicted octanol–water partition coefficient (Wildman–Crippen LogP) is 3.77. The Bertz CT molecular complexity index is 579. The highest BCUT2D eigenvalue weighted by molar-refractivity contribution is 8.00. The van der Waals surface area contributed by atoms with Gasteiger partial charge in [-0.25, -0.2) is 0 Å². The Morgan fingerprint density at radius 2 is 1.74 bits per heavy atom. The van der Waals surface area contributed by atoms with Crippen molar-refractivity contribution in [2.24, 2.45) is 0 Å². The number of benzene rings is 2. The van der Waals surface area contributed by atoms with Crippen LogP contribution in [0.25, 0.3) is 0 Å². The largest absolute Gasteiger partial charge is 0.295 e. The summed E-state index contributed by atoms with van der Waals surface area (Å²) in [5.74, 6) is 0.731. The van der Waals surface area contributed by atoms with Crippen molar-refractivity contribution in [3.05, 3.63) is 65.7 Å². The maximum absolute atomic E-state index is 12.1. The Hall–Kier alpha value is -1.74. The molecule has 1 saturated heterocycles. The van der Waals surface area contributed by atoms with E-state index < -0.39 is 0 Å². The Morgan fingerprint density at radius 1 is 1.05 bits per heavy atom. The van der Waals surface area contributed by atoms with E-state index in [-0.39, 0.29) is 11.3 Å². The first kappa shape index (κ1) is 12.3. The minimum absolute atomic E-state index is 0.0931. The summed E-state index contributed by atoms with van der Waals surface area (Å²) in [4.78, 5) is 14.0. The lowest BCUT2D eigenvalue weighted by molar-refractivity contribution is -0.115. The van der Waals surface area contributed by atoms with Crippen LogP contribution in [0.3, 0.4) is 0 Å². The van der Waals surface area contributed by atoms with Gasteiger partial charge in [0, 0.05) is 5.69 Å². The Morgan fingerprint density at radius 3 is 2.42 bits per heavy atom. The van der Waals surface area contributed by atoms with Gasteiger partial charge >= 0.3 is 0 Å². The molecule has 0 unspecified atom stereocenters. The summed E-state index contributed by atoms with van der Waals surface area (Å²) in [5, 5.41) is 0.0931. The van der Waals surface area contributed by atoms with Crippen molar-refractivity contribution in [3.8, 4) is 0 Å². The zero-order valence-corrected chi connectivity index (χ0v) is 11.6. The van der Waals surface area contributed by atoms with Crippen LogP contribution in [0.4, 0.5) is 5.69 Å². The average Bonchev–Trinajstić information content (AvgIpc) is 2.82. The number of carbonyl (C=O) groups excluding carboxylic acids is 1. The molecule has 1 atom stereocenters. The summed E-state index contributed by atoms with van der Waals surface area (Å²) in [6.07, 6.45) is 0. The number of rotatable bonds is 2. The van der Waals surface area contributed by atoms with Crippen LogP contribution in [-0.2, 0) is 4.79 Å². The fourth-order valence-corrected chi connectivity index (χ4v) is 3.45. The number of hydrogen-bond donors (Lipinski definition) is 0. The first-order valence-corrected chi connectivity index (χ1v) is 7.36. The summed E-state index contributed by atoms with van der Waals surface area (Å²) in [6.45, 7) is 2.08.